The fourth-order valence-corrected chi connectivity index (χ4v) is 2.65. The number of aromatic nitrogens is 2. The van der Waals surface area contributed by atoms with Gasteiger partial charge in [0, 0.05) is 25.0 Å². The number of amides is 2. The van der Waals surface area contributed by atoms with Crippen LogP contribution >= 0.6 is 0 Å². The van der Waals surface area contributed by atoms with E-state index in [2.05, 4.69) is 15.7 Å². The Morgan fingerprint density at radius 1 is 1.36 bits per heavy atom. The van der Waals surface area contributed by atoms with Crippen LogP contribution in [0.4, 0.5) is 0 Å². The summed E-state index contributed by atoms with van der Waals surface area (Å²) in [6, 6.07) is 0.104. The Kier molecular flexibility index (Phi) is 5.21. The van der Waals surface area contributed by atoms with Gasteiger partial charge in [0.1, 0.15) is 0 Å². The highest BCUT2D eigenvalue weighted by atomic mass is 16.2. The molecule has 6 heteroatoms. The zero-order valence-electron chi connectivity index (χ0n) is 13.8. The number of nitrogens with one attached hydrogen (secondary N) is 2. The maximum atomic E-state index is 12.2. The summed E-state index contributed by atoms with van der Waals surface area (Å²) in [4.78, 5) is 23.9. The summed E-state index contributed by atoms with van der Waals surface area (Å²) in [6.45, 7) is 9.12. The standard InChI is InChI=1S/C16H26N4O2/c1-10(2)15(21)17-8-12-5-6-20-14(7-12)13(9-18-20)16(22)19-11(3)4/h9-12H,5-8H2,1-4H3,(H,17,21)(H,19,22)/t12-/m0/s1. The zero-order valence-corrected chi connectivity index (χ0v) is 13.8. The Morgan fingerprint density at radius 3 is 2.73 bits per heavy atom. The summed E-state index contributed by atoms with van der Waals surface area (Å²) in [7, 11) is 0. The second-order valence-electron chi connectivity index (χ2n) is 6.61. The van der Waals surface area contributed by atoms with Crippen LogP contribution in [-0.4, -0.2) is 34.2 Å². The van der Waals surface area contributed by atoms with E-state index in [0.717, 1.165) is 25.1 Å². The fourth-order valence-electron chi connectivity index (χ4n) is 2.65. The third-order valence-electron chi connectivity index (χ3n) is 3.93. The molecule has 0 bridgehead atoms. The number of aryl methyl sites for hydroxylation is 1. The van der Waals surface area contributed by atoms with Crippen molar-refractivity contribution in [3.63, 3.8) is 0 Å². The van der Waals surface area contributed by atoms with Crippen LogP contribution in [0.15, 0.2) is 6.20 Å². The van der Waals surface area contributed by atoms with Gasteiger partial charge in [-0.05, 0) is 32.6 Å². The number of carbonyl (C=O) groups excluding carboxylic acids is 2. The molecule has 0 saturated carbocycles. The number of hydrogen-bond acceptors (Lipinski definition) is 3. The predicted molar refractivity (Wildman–Crippen MR) is 84.5 cm³/mol. The van der Waals surface area contributed by atoms with Crippen LogP contribution in [0.3, 0.4) is 0 Å². The fraction of sp³-hybridized carbons (Fsp3) is 0.688. The highest BCUT2D eigenvalue weighted by Gasteiger charge is 2.25. The van der Waals surface area contributed by atoms with Gasteiger partial charge in [0.2, 0.25) is 5.91 Å². The Bertz CT molecular complexity index is 548. The number of hydrogen-bond donors (Lipinski definition) is 2. The molecular formula is C16H26N4O2. The second-order valence-corrected chi connectivity index (χ2v) is 6.61. The van der Waals surface area contributed by atoms with Crippen LogP contribution in [0, 0.1) is 11.8 Å². The summed E-state index contributed by atoms with van der Waals surface area (Å²) in [5.74, 6) is 0.374. The van der Waals surface area contributed by atoms with Crippen molar-refractivity contribution in [2.24, 2.45) is 11.8 Å². The Labute approximate surface area is 131 Å². The van der Waals surface area contributed by atoms with Crippen LogP contribution in [0.1, 0.15) is 50.2 Å². The van der Waals surface area contributed by atoms with E-state index in [4.69, 9.17) is 0 Å². The molecule has 22 heavy (non-hydrogen) atoms. The lowest BCUT2D eigenvalue weighted by Crippen LogP contribution is -2.36. The third-order valence-corrected chi connectivity index (χ3v) is 3.93. The molecule has 1 aliphatic rings. The van der Waals surface area contributed by atoms with Crippen LogP contribution in [-0.2, 0) is 17.8 Å². The molecule has 0 radical (unpaired) electrons. The molecule has 0 fully saturated rings. The van der Waals surface area contributed by atoms with Crippen LogP contribution < -0.4 is 10.6 Å². The van der Waals surface area contributed by atoms with Gasteiger partial charge in [-0.1, -0.05) is 13.8 Å². The molecule has 0 spiro atoms. The van der Waals surface area contributed by atoms with Gasteiger partial charge in [0.25, 0.3) is 5.91 Å². The molecule has 0 aliphatic carbocycles. The lowest BCUT2D eigenvalue weighted by atomic mass is 9.94. The molecule has 2 amide bonds. The van der Waals surface area contributed by atoms with E-state index < -0.39 is 0 Å². The first-order valence-electron chi connectivity index (χ1n) is 8.01. The van der Waals surface area contributed by atoms with E-state index in [1.807, 2.05) is 32.4 Å². The highest BCUT2D eigenvalue weighted by Crippen LogP contribution is 2.22. The molecule has 2 N–H and O–H groups in total. The van der Waals surface area contributed by atoms with Crippen molar-refractivity contribution in [1.29, 1.82) is 0 Å². The summed E-state index contributed by atoms with van der Waals surface area (Å²) in [5, 5.41) is 10.2. The minimum Gasteiger partial charge on any atom is -0.356 e. The molecule has 1 atom stereocenters. The van der Waals surface area contributed by atoms with E-state index in [-0.39, 0.29) is 23.8 Å². The van der Waals surface area contributed by atoms with Gasteiger partial charge in [-0.25, -0.2) is 0 Å². The van der Waals surface area contributed by atoms with Gasteiger partial charge in [-0.15, -0.1) is 0 Å². The van der Waals surface area contributed by atoms with Crippen molar-refractivity contribution in [1.82, 2.24) is 20.4 Å². The van der Waals surface area contributed by atoms with Gasteiger partial charge in [-0.3, -0.25) is 14.3 Å². The molecule has 0 unspecified atom stereocenters. The van der Waals surface area contributed by atoms with Crippen LogP contribution in [0.25, 0.3) is 0 Å². The van der Waals surface area contributed by atoms with E-state index in [9.17, 15) is 9.59 Å². The number of rotatable bonds is 5. The first-order chi connectivity index (χ1) is 10.4. The quantitative estimate of drug-likeness (QED) is 0.862. The Morgan fingerprint density at radius 2 is 2.09 bits per heavy atom. The van der Waals surface area contributed by atoms with Crippen LogP contribution in [0.2, 0.25) is 0 Å². The number of nitrogens with zero attached hydrogens (tertiary/aromatic N) is 2. The highest BCUT2D eigenvalue weighted by molar-refractivity contribution is 5.95. The molecule has 1 aromatic heterocycles. The molecule has 1 aliphatic heterocycles. The van der Waals surface area contributed by atoms with Crippen molar-refractivity contribution in [2.45, 2.75) is 53.1 Å². The van der Waals surface area contributed by atoms with Crippen molar-refractivity contribution >= 4 is 11.8 Å². The normalized spacial score (nSPS) is 17.5. The minimum atomic E-state index is -0.0666. The monoisotopic (exact) mass is 306 g/mol. The van der Waals surface area contributed by atoms with Gasteiger partial charge in [0.15, 0.2) is 0 Å². The zero-order chi connectivity index (χ0) is 16.3. The van der Waals surface area contributed by atoms with Gasteiger partial charge >= 0.3 is 0 Å². The number of fused-ring (bicyclic) bond motifs is 1. The average molecular weight is 306 g/mol. The topological polar surface area (TPSA) is 76.0 Å². The van der Waals surface area contributed by atoms with Gasteiger partial charge in [-0.2, -0.15) is 5.10 Å². The van der Waals surface area contributed by atoms with Crippen molar-refractivity contribution < 1.29 is 9.59 Å². The molecule has 122 valence electrons. The van der Waals surface area contributed by atoms with Crippen molar-refractivity contribution in [3.8, 4) is 0 Å². The summed E-state index contributed by atoms with van der Waals surface area (Å²) in [6.07, 6.45) is 3.40. The summed E-state index contributed by atoms with van der Waals surface area (Å²) >= 11 is 0. The maximum absolute atomic E-state index is 12.2. The molecular weight excluding hydrogens is 280 g/mol. The van der Waals surface area contributed by atoms with Gasteiger partial charge in [0.05, 0.1) is 17.5 Å². The van der Waals surface area contributed by atoms with Gasteiger partial charge < -0.3 is 10.6 Å². The molecule has 2 rings (SSSR count). The smallest absolute Gasteiger partial charge is 0.254 e. The first-order valence-corrected chi connectivity index (χ1v) is 8.01. The number of carbonyl (C=O) groups is 2. The van der Waals surface area contributed by atoms with E-state index in [1.54, 1.807) is 6.20 Å². The molecule has 0 aromatic carbocycles. The molecule has 2 heterocycles. The van der Waals surface area contributed by atoms with Crippen molar-refractivity contribution in [2.75, 3.05) is 6.54 Å². The Hall–Kier alpha value is -1.85. The van der Waals surface area contributed by atoms with E-state index in [1.165, 1.54) is 0 Å². The Balaban J connectivity index is 2.01. The predicted octanol–water partition coefficient (Wildman–Crippen LogP) is 1.36. The SMILES string of the molecule is CC(C)NC(=O)c1cnn2c1C[C@@H](CNC(=O)C(C)C)CC2. The lowest BCUT2D eigenvalue weighted by molar-refractivity contribution is -0.124. The summed E-state index contributed by atoms with van der Waals surface area (Å²) in [5.41, 5.74) is 1.64. The second kappa shape index (κ2) is 6.94. The largest absolute Gasteiger partial charge is 0.356 e. The molecule has 1 aromatic rings. The first kappa shape index (κ1) is 16.5. The minimum absolute atomic E-state index is 0.00139. The van der Waals surface area contributed by atoms with Crippen molar-refractivity contribution in [3.05, 3.63) is 17.5 Å². The third kappa shape index (κ3) is 3.87. The van der Waals surface area contributed by atoms with E-state index >= 15 is 0 Å². The maximum Gasteiger partial charge on any atom is 0.254 e. The molecule has 6 nitrogen and oxygen atoms in total. The molecule has 0 saturated heterocycles. The van der Waals surface area contributed by atoms with Crippen LogP contribution in [0.5, 0.6) is 0 Å². The average Bonchev–Trinajstić information content (AvgIpc) is 2.86. The lowest BCUT2D eigenvalue weighted by Gasteiger charge is -2.24. The summed E-state index contributed by atoms with van der Waals surface area (Å²) < 4.78 is 1.91. The van der Waals surface area contributed by atoms with E-state index in [0.29, 0.717) is 18.0 Å².